The van der Waals surface area contributed by atoms with Crippen LogP contribution in [-0.2, 0) is 22.2 Å². The van der Waals surface area contributed by atoms with Gasteiger partial charge < -0.3 is 0 Å². The molecule has 3 heteroatoms. The number of allylic oxidation sites excluding steroid dienone is 1. The van der Waals surface area contributed by atoms with Gasteiger partial charge >= 0.3 is 113 Å². The first-order chi connectivity index (χ1) is 7.70. The van der Waals surface area contributed by atoms with Gasteiger partial charge in [0, 0.05) is 0 Å². The van der Waals surface area contributed by atoms with Gasteiger partial charge in [0.25, 0.3) is 0 Å². The molecule has 0 saturated carbocycles. The molecule has 0 spiro atoms. The number of hydrogen-bond acceptors (Lipinski definition) is 0. The van der Waals surface area contributed by atoms with Gasteiger partial charge in [0.05, 0.1) is 0 Å². The topological polar surface area (TPSA) is 0 Å². The van der Waals surface area contributed by atoms with Crippen molar-refractivity contribution in [2.24, 2.45) is 0 Å². The minimum atomic E-state index is -2.51. The number of unbranched alkanes of at least 4 members (excludes halogenated alkanes) is 1. The molecular formula is C13H15Cl2Hf. The van der Waals surface area contributed by atoms with Gasteiger partial charge in [0.1, 0.15) is 0 Å². The van der Waals surface area contributed by atoms with E-state index in [4.69, 9.17) is 17.2 Å². The maximum atomic E-state index is 6.43. The Balaban J connectivity index is 2.39. The maximum absolute atomic E-state index is 6.43. The Morgan fingerprint density at radius 1 is 1.25 bits per heavy atom. The molecule has 0 radical (unpaired) electrons. The predicted octanol–water partition coefficient (Wildman–Crippen LogP) is 5.02. The zero-order valence-electron chi connectivity index (χ0n) is 9.34. The monoisotopic (exact) mass is 421 g/mol. The van der Waals surface area contributed by atoms with E-state index < -0.39 is 19.1 Å². The number of rotatable bonds is 4. The van der Waals surface area contributed by atoms with E-state index in [0.717, 1.165) is 6.42 Å². The quantitative estimate of drug-likeness (QED) is 0.600. The molecule has 1 unspecified atom stereocenters. The van der Waals surface area contributed by atoms with Crippen molar-refractivity contribution in [2.75, 3.05) is 0 Å². The molecule has 0 aliphatic heterocycles. The fraction of sp³-hybridized carbons (Fsp3) is 0.385. The molecule has 1 atom stereocenters. The molecule has 0 bridgehead atoms. The zero-order chi connectivity index (χ0) is 11.6. The molecule has 1 aliphatic rings. The van der Waals surface area contributed by atoms with Crippen LogP contribution in [0.3, 0.4) is 0 Å². The van der Waals surface area contributed by atoms with Crippen LogP contribution in [-0.4, -0.2) is 0 Å². The second-order valence-corrected chi connectivity index (χ2v) is 17.1. The van der Waals surface area contributed by atoms with Crippen LogP contribution in [0.4, 0.5) is 0 Å². The summed E-state index contributed by atoms with van der Waals surface area (Å²) in [5.74, 6) is 0. The van der Waals surface area contributed by atoms with Gasteiger partial charge in [0.15, 0.2) is 0 Å². The Labute approximate surface area is 112 Å². The summed E-state index contributed by atoms with van der Waals surface area (Å²) in [6, 6.07) is 8.52. The third kappa shape index (κ3) is 2.19. The second kappa shape index (κ2) is 5.37. The second-order valence-electron chi connectivity index (χ2n) is 4.26. The summed E-state index contributed by atoms with van der Waals surface area (Å²) < 4.78 is 0.0420. The molecule has 0 aromatic heterocycles. The summed E-state index contributed by atoms with van der Waals surface area (Å²) in [6.07, 6.45) is 7.98. The molecule has 1 aliphatic carbocycles. The van der Waals surface area contributed by atoms with Crippen molar-refractivity contribution in [3.8, 4) is 0 Å². The number of benzene rings is 1. The van der Waals surface area contributed by atoms with Crippen LogP contribution in [0.1, 0.15) is 37.3 Å². The summed E-state index contributed by atoms with van der Waals surface area (Å²) in [5, 5.41) is 0. The SMILES string of the molecule is CCCC[C]1([Hf]([Cl])[Cl])C=Cc2ccccc21. The van der Waals surface area contributed by atoms with Gasteiger partial charge in [-0.25, -0.2) is 0 Å². The fourth-order valence-corrected chi connectivity index (χ4v) is 10.2. The van der Waals surface area contributed by atoms with E-state index in [1.54, 1.807) is 0 Å². The van der Waals surface area contributed by atoms with Gasteiger partial charge in [-0.15, -0.1) is 0 Å². The first-order valence-corrected chi connectivity index (χ1v) is 16.4. The van der Waals surface area contributed by atoms with Crippen LogP contribution in [0.2, 0.25) is 0 Å². The Hall–Kier alpha value is 0.410. The van der Waals surface area contributed by atoms with Gasteiger partial charge in [-0.3, -0.25) is 0 Å². The third-order valence-corrected chi connectivity index (χ3v) is 13.7. The molecule has 1 aromatic rings. The van der Waals surface area contributed by atoms with Crippen LogP contribution >= 0.6 is 17.2 Å². The zero-order valence-corrected chi connectivity index (χ0v) is 14.4. The molecule has 2 rings (SSSR count). The van der Waals surface area contributed by atoms with E-state index in [9.17, 15) is 0 Å². The van der Waals surface area contributed by atoms with Gasteiger partial charge in [-0.05, 0) is 0 Å². The first kappa shape index (κ1) is 12.9. The number of hydrogen-bond donors (Lipinski definition) is 0. The van der Waals surface area contributed by atoms with Crippen LogP contribution in [0.25, 0.3) is 6.08 Å². The summed E-state index contributed by atoms with van der Waals surface area (Å²) in [6.45, 7) is 2.21. The van der Waals surface area contributed by atoms with Crippen molar-refractivity contribution in [1.82, 2.24) is 0 Å². The summed E-state index contributed by atoms with van der Waals surface area (Å²) in [5.41, 5.74) is 2.68. The van der Waals surface area contributed by atoms with Crippen molar-refractivity contribution < 1.29 is 19.1 Å². The standard InChI is InChI=1S/C13H15.2ClH.Hf/c1-2-3-6-11-9-10-12-7-4-5-8-13(11)12;;;/h4-5,7-10H,2-3,6H2,1H3;2*1H;/q;;;+2/p-2. The van der Waals surface area contributed by atoms with E-state index in [2.05, 4.69) is 43.3 Å². The van der Waals surface area contributed by atoms with E-state index in [1.807, 2.05) is 0 Å². The van der Waals surface area contributed by atoms with Crippen molar-refractivity contribution in [3.63, 3.8) is 0 Å². The normalized spacial score (nSPS) is 22.2. The first-order valence-electron chi connectivity index (χ1n) is 5.68. The summed E-state index contributed by atoms with van der Waals surface area (Å²) in [7, 11) is 12.9. The Kier molecular flexibility index (Phi) is 4.32. The van der Waals surface area contributed by atoms with Crippen LogP contribution in [0.5, 0.6) is 0 Å². The van der Waals surface area contributed by atoms with Crippen LogP contribution in [0.15, 0.2) is 30.3 Å². The van der Waals surface area contributed by atoms with E-state index in [1.165, 1.54) is 24.0 Å². The van der Waals surface area contributed by atoms with E-state index in [0.29, 0.717) is 0 Å². The average Bonchev–Trinajstić information content (AvgIpc) is 2.67. The molecule has 0 saturated heterocycles. The minimum absolute atomic E-state index is 0.0420. The Morgan fingerprint density at radius 3 is 2.69 bits per heavy atom. The third-order valence-electron chi connectivity index (χ3n) is 3.25. The molecule has 0 amide bonds. The molecule has 0 N–H and O–H groups in total. The molecule has 0 heterocycles. The number of halogens is 2. The average molecular weight is 421 g/mol. The molecule has 1 aromatic carbocycles. The van der Waals surface area contributed by atoms with E-state index >= 15 is 0 Å². The van der Waals surface area contributed by atoms with Crippen LogP contribution in [0, 0.1) is 0 Å². The van der Waals surface area contributed by atoms with Crippen molar-refractivity contribution in [1.29, 1.82) is 0 Å². The molecular weight excluding hydrogens is 406 g/mol. The van der Waals surface area contributed by atoms with Crippen molar-refractivity contribution in [2.45, 2.75) is 29.4 Å². The predicted molar refractivity (Wildman–Crippen MR) is 68.4 cm³/mol. The van der Waals surface area contributed by atoms with Gasteiger partial charge in [0.2, 0.25) is 0 Å². The Morgan fingerprint density at radius 2 is 2.00 bits per heavy atom. The van der Waals surface area contributed by atoms with Crippen LogP contribution < -0.4 is 0 Å². The summed E-state index contributed by atoms with van der Waals surface area (Å²) in [4.78, 5) is 0. The fourth-order valence-electron chi connectivity index (χ4n) is 2.30. The van der Waals surface area contributed by atoms with E-state index in [-0.39, 0.29) is 3.17 Å². The number of fused-ring (bicyclic) bond motifs is 1. The molecule has 85 valence electrons. The van der Waals surface area contributed by atoms with Gasteiger partial charge in [-0.2, -0.15) is 0 Å². The van der Waals surface area contributed by atoms with Gasteiger partial charge in [-0.1, -0.05) is 0 Å². The molecule has 16 heavy (non-hydrogen) atoms. The molecule has 0 nitrogen and oxygen atoms in total. The Bertz CT molecular complexity index is 401. The molecule has 0 fully saturated rings. The van der Waals surface area contributed by atoms with Crippen molar-refractivity contribution >= 4 is 23.2 Å². The summed E-state index contributed by atoms with van der Waals surface area (Å²) >= 11 is -2.51. The van der Waals surface area contributed by atoms with Crippen molar-refractivity contribution in [3.05, 3.63) is 41.5 Å².